The van der Waals surface area contributed by atoms with E-state index in [-0.39, 0.29) is 0 Å². The molecule has 0 atom stereocenters. The molecule has 136 valence electrons. The van der Waals surface area contributed by atoms with Crippen LogP contribution in [0.1, 0.15) is 71.1 Å². The molecule has 1 N–H and O–H groups in total. The molecule has 0 bridgehead atoms. The molecule has 1 aliphatic rings. The van der Waals surface area contributed by atoms with Gasteiger partial charge in [-0.25, -0.2) is 4.98 Å². The van der Waals surface area contributed by atoms with Gasteiger partial charge < -0.3 is 9.88 Å². The second-order valence-electron chi connectivity index (χ2n) is 7.38. The Balaban J connectivity index is 1.68. The number of unbranched alkanes of at least 4 members (excludes halogenated alkanes) is 5. The summed E-state index contributed by atoms with van der Waals surface area (Å²) in [6.45, 7) is 3.34. The zero-order valence-electron chi connectivity index (χ0n) is 15.7. The summed E-state index contributed by atoms with van der Waals surface area (Å²) >= 11 is 0. The smallest absolute Gasteiger partial charge is 0.203 e. The number of nitrogens with zero attached hydrogens (tertiary/aromatic N) is 2. The largest absolute Gasteiger partial charge is 0.353 e. The van der Waals surface area contributed by atoms with Gasteiger partial charge in [-0.2, -0.15) is 0 Å². The summed E-state index contributed by atoms with van der Waals surface area (Å²) in [5.41, 5.74) is 2.51. The molecule has 2 aromatic rings. The van der Waals surface area contributed by atoms with Crippen molar-refractivity contribution in [2.75, 3.05) is 5.32 Å². The molecule has 0 amide bonds. The topological polar surface area (TPSA) is 29.9 Å². The first-order valence-corrected chi connectivity index (χ1v) is 10.3. The van der Waals surface area contributed by atoms with E-state index in [2.05, 4.69) is 47.1 Å². The van der Waals surface area contributed by atoms with Crippen LogP contribution in [0, 0.1) is 0 Å². The monoisotopic (exact) mass is 339 g/mol. The lowest BCUT2D eigenvalue weighted by atomic mass is 10.1. The van der Waals surface area contributed by atoms with Crippen molar-refractivity contribution in [1.82, 2.24) is 9.55 Å². The van der Waals surface area contributed by atoms with E-state index in [0.29, 0.717) is 6.04 Å². The predicted molar refractivity (Wildman–Crippen MR) is 107 cm³/mol. The van der Waals surface area contributed by atoms with E-state index in [1.807, 2.05) is 6.20 Å². The summed E-state index contributed by atoms with van der Waals surface area (Å²) < 4.78 is 2.41. The molecule has 25 heavy (non-hydrogen) atoms. The van der Waals surface area contributed by atoms with Gasteiger partial charge in [0.2, 0.25) is 5.95 Å². The zero-order chi connectivity index (χ0) is 17.3. The number of benzene rings is 1. The lowest BCUT2D eigenvalue weighted by molar-refractivity contribution is 0.559. The lowest BCUT2D eigenvalue weighted by Crippen LogP contribution is -2.18. The fraction of sp³-hybridized carbons (Fsp3) is 0.591. The second-order valence-corrected chi connectivity index (χ2v) is 7.38. The van der Waals surface area contributed by atoms with Crippen LogP contribution in [-0.4, -0.2) is 15.6 Å². The Bertz CT molecular complexity index is 611. The summed E-state index contributed by atoms with van der Waals surface area (Å²) in [4.78, 5) is 4.74. The molecule has 3 nitrogen and oxygen atoms in total. The average Bonchev–Trinajstić information content (AvgIpc) is 3.29. The molecule has 1 aromatic carbocycles. The van der Waals surface area contributed by atoms with E-state index >= 15 is 0 Å². The number of imidazole rings is 1. The van der Waals surface area contributed by atoms with Gasteiger partial charge in [0, 0.05) is 12.6 Å². The van der Waals surface area contributed by atoms with Crippen molar-refractivity contribution in [2.45, 2.75) is 83.7 Å². The van der Waals surface area contributed by atoms with Gasteiger partial charge in [-0.1, -0.05) is 82.2 Å². The van der Waals surface area contributed by atoms with Crippen molar-refractivity contribution in [2.24, 2.45) is 0 Å². The van der Waals surface area contributed by atoms with E-state index < -0.39 is 0 Å². The first kappa shape index (κ1) is 18.0. The van der Waals surface area contributed by atoms with Gasteiger partial charge in [-0.15, -0.1) is 0 Å². The van der Waals surface area contributed by atoms with Gasteiger partial charge in [0.05, 0.1) is 11.9 Å². The Morgan fingerprint density at radius 2 is 1.72 bits per heavy atom. The highest BCUT2D eigenvalue weighted by molar-refractivity contribution is 5.61. The number of hydrogen-bond acceptors (Lipinski definition) is 2. The maximum atomic E-state index is 4.74. The molecule has 1 fully saturated rings. The quantitative estimate of drug-likeness (QED) is 0.517. The third-order valence-corrected chi connectivity index (χ3v) is 5.35. The van der Waals surface area contributed by atoms with E-state index in [9.17, 15) is 0 Å². The molecule has 1 heterocycles. The van der Waals surface area contributed by atoms with Crippen LogP contribution >= 0.6 is 0 Å². The Hall–Kier alpha value is -1.77. The van der Waals surface area contributed by atoms with Crippen LogP contribution in [0.4, 0.5) is 5.95 Å². The van der Waals surface area contributed by atoms with Gasteiger partial charge in [0.1, 0.15) is 0 Å². The first-order valence-electron chi connectivity index (χ1n) is 10.3. The third kappa shape index (κ3) is 5.10. The van der Waals surface area contributed by atoms with E-state index in [4.69, 9.17) is 4.98 Å². The summed E-state index contributed by atoms with van der Waals surface area (Å²) in [6.07, 6.45) is 15.3. The van der Waals surface area contributed by atoms with Crippen molar-refractivity contribution >= 4 is 5.95 Å². The van der Waals surface area contributed by atoms with E-state index in [0.717, 1.165) is 12.5 Å². The SMILES string of the molecule is CCCCCCCCn1c(-c2ccccc2)cnc1NC1CCCC1. The summed E-state index contributed by atoms with van der Waals surface area (Å²) in [7, 11) is 0. The number of aromatic nitrogens is 2. The molecule has 0 unspecified atom stereocenters. The predicted octanol–water partition coefficient (Wildman–Crippen LogP) is 6.27. The van der Waals surface area contributed by atoms with Crippen molar-refractivity contribution in [1.29, 1.82) is 0 Å². The van der Waals surface area contributed by atoms with Crippen molar-refractivity contribution < 1.29 is 0 Å². The van der Waals surface area contributed by atoms with E-state index in [1.54, 1.807) is 0 Å². The summed E-state index contributed by atoms with van der Waals surface area (Å²) in [5.74, 6) is 1.07. The highest BCUT2D eigenvalue weighted by atomic mass is 15.2. The average molecular weight is 340 g/mol. The standard InChI is InChI=1S/C22H33N3/c1-2-3-4-5-6-12-17-25-21(19-13-8-7-9-14-19)18-23-22(25)24-20-15-10-11-16-20/h7-9,13-14,18,20H,2-6,10-12,15-17H2,1H3,(H,23,24). The zero-order valence-corrected chi connectivity index (χ0v) is 15.7. The molecule has 0 spiro atoms. The van der Waals surface area contributed by atoms with Crippen LogP contribution in [-0.2, 0) is 6.54 Å². The fourth-order valence-electron chi connectivity index (χ4n) is 3.86. The van der Waals surface area contributed by atoms with Crippen molar-refractivity contribution in [3.63, 3.8) is 0 Å². The minimum Gasteiger partial charge on any atom is -0.353 e. The fourth-order valence-corrected chi connectivity index (χ4v) is 3.86. The molecule has 0 aliphatic heterocycles. The molecule has 3 heteroatoms. The molecular weight excluding hydrogens is 306 g/mol. The molecule has 0 radical (unpaired) electrons. The van der Waals surface area contributed by atoms with Crippen LogP contribution in [0.3, 0.4) is 0 Å². The lowest BCUT2D eigenvalue weighted by Gasteiger charge is -2.17. The normalized spacial score (nSPS) is 14.9. The van der Waals surface area contributed by atoms with Crippen LogP contribution in [0.25, 0.3) is 11.3 Å². The number of nitrogens with one attached hydrogen (secondary N) is 1. The van der Waals surface area contributed by atoms with Crippen LogP contribution in [0.2, 0.25) is 0 Å². The number of hydrogen-bond donors (Lipinski definition) is 1. The molecule has 1 aliphatic carbocycles. The third-order valence-electron chi connectivity index (χ3n) is 5.35. The maximum absolute atomic E-state index is 4.74. The van der Waals surface area contributed by atoms with Gasteiger partial charge in [0.25, 0.3) is 0 Å². The van der Waals surface area contributed by atoms with Crippen LogP contribution < -0.4 is 5.32 Å². The van der Waals surface area contributed by atoms with Crippen molar-refractivity contribution in [3.8, 4) is 11.3 Å². The van der Waals surface area contributed by atoms with Crippen molar-refractivity contribution in [3.05, 3.63) is 36.5 Å². The highest BCUT2D eigenvalue weighted by Gasteiger charge is 2.18. The van der Waals surface area contributed by atoms with E-state index in [1.165, 1.54) is 75.5 Å². The first-order chi connectivity index (χ1) is 12.4. The van der Waals surface area contributed by atoms with Crippen LogP contribution in [0.15, 0.2) is 36.5 Å². The minimum atomic E-state index is 0.606. The maximum Gasteiger partial charge on any atom is 0.203 e. The van der Waals surface area contributed by atoms with Gasteiger partial charge in [-0.05, 0) is 24.8 Å². The van der Waals surface area contributed by atoms with Gasteiger partial charge in [0.15, 0.2) is 0 Å². The Morgan fingerprint density at radius 1 is 1.00 bits per heavy atom. The summed E-state index contributed by atoms with van der Waals surface area (Å²) in [6, 6.07) is 11.3. The minimum absolute atomic E-state index is 0.606. The molecule has 3 rings (SSSR count). The Morgan fingerprint density at radius 3 is 2.48 bits per heavy atom. The molecule has 1 saturated carbocycles. The Labute approximate surface area is 152 Å². The highest BCUT2D eigenvalue weighted by Crippen LogP contribution is 2.27. The summed E-state index contributed by atoms with van der Waals surface area (Å²) in [5, 5.41) is 3.71. The second kappa shape index (κ2) is 9.65. The molecular formula is C22H33N3. The van der Waals surface area contributed by atoms with Gasteiger partial charge >= 0.3 is 0 Å². The number of rotatable bonds is 10. The molecule has 0 saturated heterocycles. The Kier molecular flexibility index (Phi) is 6.96. The van der Waals surface area contributed by atoms with Crippen LogP contribution in [0.5, 0.6) is 0 Å². The van der Waals surface area contributed by atoms with Gasteiger partial charge in [-0.3, -0.25) is 0 Å². The molecule has 1 aromatic heterocycles. The number of anilines is 1.